The highest BCUT2D eigenvalue weighted by Crippen LogP contribution is 2.26. The number of thioether (sulfide) groups is 1. The first kappa shape index (κ1) is 20.7. The van der Waals surface area contributed by atoms with E-state index >= 15 is 0 Å². The fourth-order valence-electron chi connectivity index (χ4n) is 2.82. The van der Waals surface area contributed by atoms with E-state index in [9.17, 15) is 9.59 Å². The molecule has 1 amide bonds. The molecule has 0 fully saturated rings. The second-order valence-corrected chi connectivity index (χ2v) is 7.84. The third kappa shape index (κ3) is 5.06. The molecule has 1 heterocycles. The molecular weight excluding hydrogens is 386 g/mol. The number of hydrogen-bond donors (Lipinski definition) is 1. The van der Waals surface area contributed by atoms with Crippen molar-refractivity contribution in [1.29, 1.82) is 0 Å². The van der Waals surface area contributed by atoms with Crippen molar-refractivity contribution >= 4 is 23.6 Å². The summed E-state index contributed by atoms with van der Waals surface area (Å²) in [5, 5.41) is 3.39. The largest absolute Gasteiger partial charge is 0.465 e. The molecular formula is C22H23N3O3S. The van der Waals surface area contributed by atoms with E-state index in [1.165, 1.54) is 18.9 Å². The minimum atomic E-state index is -0.380. The van der Waals surface area contributed by atoms with Crippen LogP contribution < -0.4 is 5.32 Å². The van der Waals surface area contributed by atoms with Crippen LogP contribution in [0.5, 0.6) is 0 Å². The molecule has 3 aromatic rings. The van der Waals surface area contributed by atoms with Gasteiger partial charge in [0.05, 0.1) is 23.6 Å². The summed E-state index contributed by atoms with van der Waals surface area (Å²) in [5.41, 5.74) is 3.57. The zero-order chi connectivity index (χ0) is 20.8. The maximum absolute atomic E-state index is 12.5. The number of rotatable bonds is 7. The van der Waals surface area contributed by atoms with Gasteiger partial charge in [-0.3, -0.25) is 9.36 Å². The minimum absolute atomic E-state index is 0.0774. The molecule has 6 nitrogen and oxygen atoms in total. The lowest BCUT2D eigenvalue weighted by molar-refractivity contribution is -0.120. The third-order valence-electron chi connectivity index (χ3n) is 4.47. The number of aromatic nitrogens is 2. The van der Waals surface area contributed by atoms with Gasteiger partial charge < -0.3 is 10.1 Å². The minimum Gasteiger partial charge on any atom is -0.465 e. The second kappa shape index (κ2) is 9.43. The van der Waals surface area contributed by atoms with E-state index in [1.54, 1.807) is 30.5 Å². The van der Waals surface area contributed by atoms with Crippen molar-refractivity contribution in [2.45, 2.75) is 30.8 Å². The van der Waals surface area contributed by atoms with Gasteiger partial charge in [0.15, 0.2) is 5.16 Å². The first-order valence-electron chi connectivity index (χ1n) is 9.20. The van der Waals surface area contributed by atoms with Crippen LogP contribution in [0.15, 0.2) is 66.1 Å². The molecule has 7 heteroatoms. The Kier molecular flexibility index (Phi) is 6.72. The maximum Gasteiger partial charge on any atom is 0.337 e. The van der Waals surface area contributed by atoms with Crippen LogP contribution in [0, 0.1) is 6.92 Å². The molecule has 1 aromatic heterocycles. The summed E-state index contributed by atoms with van der Waals surface area (Å²) in [6.07, 6.45) is 3.64. The van der Waals surface area contributed by atoms with Crippen LogP contribution in [0.4, 0.5) is 0 Å². The molecule has 1 unspecified atom stereocenters. The van der Waals surface area contributed by atoms with E-state index in [0.29, 0.717) is 12.1 Å². The molecule has 0 radical (unpaired) electrons. The van der Waals surface area contributed by atoms with E-state index in [2.05, 4.69) is 15.0 Å². The Balaban J connectivity index is 1.60. The topological polar surface area (TPSA) is 73.2 Å². The van der Waals surface area contributed by atoms with Gasteiger partial charge in [-0.05, 0) is 43.2 Å². The lowest BCUT2D eigenvalue weighted by Crippen LogP contribution is -2.30. The highest BCUT2D eigenvalue weighted by atomic mass is 32.2. The Labute approximate surface area is 174 Å². The smallest absolute Gasteiger partial charge is 0.337 e. The number of amides is 1. The first-order valence-corrected chi connectivity index (χ1v) is 10.1. The molecule has 0 aliphatic rings. The lowest BCUT2D eigenvalue weighted by atomic mass is 10.1. The normalized spacial score (nSPS) is 11.7. The zero-order valence-corrected chi connectivity index (χ0v) is 17.4. The molecule has 0 saturated heterocycles. The van der Waals surface area contributed by atoms with Gasteiger partial charge in [-0.2, -0.15) is 0 Å². The first-order chi connectivity index (χ1) is 14.0. The number of nitrogens with zero attached hydrogens (tertiary/aromatic N) is 2. The number of carbonyl (C=O) groups excluding carboxylic acids is 2. The molecule has 29 heavy (non-hydrogen) atoms. The van der Waals surface area contributed by atoms with Crippen molar-refractivity contribution in [3.05, 3.63) is 77.6 Å². The van der Waals surface area contributed by atoms with Crippen LogP contribution >= 0.6 is 11.8 Å². The number of carbonyl (C=O) groups is 2. The molecule has 0 spiro atoms. The summed E-state index contributed by atoms with van der Waals surface area (Å²) in [6, 6.07) is 15.0. The van der Waals surface area contributed by atoms with Gasteiger partial charge in [-0.1, -0.05) is 42.1 Å². The number of benzene rings is 2. The lowest BCUT2D eigenvalue weighted by Gasteiger charge is -2.14. The van der Waals surface area contributed by atoms with Crippen molar-refractivity contribution < 1.29 is 14.3 Å². The monoisotopic (exact) mass is 409 g/mol. The standard InChI is InChI=1S/C22H23N3O3S/c1-15-6-4-5-7-19(15)25-13-12-23-22(25)29-16(2)20(26)24-14-17-8-10-18(11-9-17)21(27)28-3/h4-13,16H,14H2,1-3H3,(H,24,26). The van der Waals surface area contributed by atoms with Crippen molar-refractivity contribution in [3.63, 3.8) is 0 Å². The average Bonchev–Trinajstić information content (AvgIpc) is 3.19. The number of hydrogen-bond acceptors (Lipinski definition) is 5. The van der Waals surface area contributed by atoms with Gasteiger partial charge in [-0.15, -0.1) is 0 Å². The number of ether oxygens (including phenoxy) is 1. The second-order valence-electron chi connectivity index (χ2n) is 6.53. The summed E-state index contributed by atoms with van der Waals surface area (Å²) in [5.74, 6) is -0.457. The Hall–Kier alpha value is -3.06. The molecule has 0 saturated carbocycles. The Bertz CT molecular complexity index is 999. The van der Waals surface area contributed by atoms with Gasteiger partial charge in [0.2, 0.25) is 5.91 Å². The van der Waals surface area contributed by atoms with Gasteiger partial charge in [-0.25, -0.2) is 9.78 Å². The van der Waals surface area contributed by atoms with E-state index in [1.807, 2.05) is 48.9 Å². The molecule has 0 aliphatic carbocycles. The predicted octanol–water partition coefficient (Wildman–Crippen LogP) is 3.76. The van der Waals surface area contributed by atoms with Crippen molar-refractivity contribution in [3.8, 4) is 5.69 Å². The summed E-state index contributed by atoms with van der Waals surface area (Å²) < 4.78 is 6.68. The number of imidazole rings is 1. The van der Waals surface area contributed by atoms with E-state index < -0.39 is 0 Å². The van der Waals surface area contributed by atoms with Crippen LogP contribution in [0.25, 0.3) is 5.69 Å². The fraction of sp³-hybridized carbons (Fsp3) is 0.227. The molecule has 0 aliphatic heterocycles. The van der Waals surface area contributed by atoms with E-state index in [0.717, 1.165) is 22.0 Å². The zero-order valence-electron chi connectivity index (χ0n) is 16.6. The van der Waals surface area contributed by atoms with E-state index in [-0.39, 0.29) is 17.1 Å². The Morgan fingerprint density at radius 3 is 2.59 bits per heavy atom. The van der Waals surface area contributed by atoms with E-state index in [4.69, 9.17) is 0 Å². The highest BCUT2D eigenvalue weighted by Gasteiger charge is 2.18. The summed E-state index contributed by atoms with van der Waals surface area (Å²) in [4.78, 5) is 28.4. The summed E-state index contributed by atoms with van der Waals surface area (Å²) in [7, 11) is 1.35. The molecule has 3 rings (SSSR count). The SMILES string of the molecule is COC(=O)c1ccc(CNC(=O)C(C)Sc2nccn2-c2ccccc2C)cc1. The Morgan fingerprint density at radius 1 is 1.17 bits per heavy atom. The van der Waals surface area contributed by atoms with Gasteiger partial charge in [0.1, 0.15) is 0 Å². The summed E-state index contributed by atoms with van der Waals surface area (Å²) >= 11 is 1.41. The Morgan fingerprint density at radius 2 is 1.90 bits per heavy atom. The van der Waals surface area contributed by atoms with Gasteiger partial charge in [0.25, 0.3) is 0 Å². The van der Waals surface area contributed by atoms with Crippen LogP contribution in [-0.4, -0.2) is 33.8 Å². The number of para-hydroxylation sites is 1. The molecule has 2 aromatic carbocycles. The van der Waals surface area contributed by atoms with Crippen molar-refractivity contribution in [2.24, 2.45) is 0 Å². The van der Waals surface area contributed by atoms with Gasteiger partial charge >= 0.3 is 5.97 Å². The third-order valence-corrected chi connectivity index (χ3v) is 5.56. The quantitative estimate of drug-likeness (QED) is 0.475. The number of methoxy groups -OCH3 is 1. The highest BCUT2D eigenvalue weighted by molar-refractivity contribution is 8.00. The maximum atomic E-state index is 12.5. The average molecular weight is 410 g/mol. The molecule has 1 N–H and O–H groups in total. The predicted molar refractivity (Wildman–Crippen MR) is 113 cm³/mol. The fourth-order valence-corrected chi connectivity index (χ4v) is 3.72. The van der Waals surface area contributed by atoms with Crippen LogP contribution in [0.1, 0.15) is 28.4 Å². The van der Waals surface area contributed by atoms with Gasteiger partial charge in [0, 0.05) is 18.9 Å². The number of aryl methyl sites for hydroxylation is 1. The van der Waals surface area contributed by atoms with Crippen LogP contribution in [-0.2, 0) is 16.1 Å². The summed E-state index contributed by atoms with van der Waals surface area (Å²) in [6.45, 7) is 4.29. The van der Waals surface area contributed by atoms with Crippen molar-refractivity contribution in [1.82, 2.24) is 14.9 Å². The molecule has 150 valence electrons. The van der Waals surface area contributed by atoms with Crippen LogP contribution in [0.3, 0.4) is 0 Å². The number of esters is 1. The van der Waals surface area contributed by atoms with Crippen molar-refractivity contribution in [2.75, 3.05) is 7.11 Å². The molecule has 0 bridgehead atoms. The van der Waals surface area contributed by atoms with Crippen LogP contribution in [0.2, 0.25) is 0 Å². The number of nitrogens with one attached hydrogen (secondary N) is 1. The molecule has 1 atom stereocenters.